The first kappa shape index (κ1) is 15.0. The molecule has 0 spiro atoms. The molecule has 0 saturated carbocycles. The van der Waals surface area contributed by atoms with Crippen LogP contribution in [-0.2, 0) is 17.1 Å². The molecular weight excluding hydrogens is 288 g/mol. The lowest BCUT2D eigenvalue weighted by Gasteiger charge is -2.30. The minimum Gasteiger partial charge on any atom is -0.378 e. The molecule has 1 aliphatic rings. The van der Waals surface area contributed by atoms with Crippen LogP contribution in [0.3, 0.4) is 0 Å². The van der Waals surface area contributed by atoms with Crippen molar-refractivity contribution in [3.05, 3.63) is 29.3 Å². The van der Waals surface area contributed by atoms with E-state index in [4.69, 9.17) is 4.74 Å². The van der Waals surface area contributed by atoms with E-state index in [9.17, 15) is 26.3 Å². The third-order valence-corrected chi connectivity index (χ3v) is 2.95. The average molecular weight is 299 g/mol. The van der Waals surface area contributed by atoms with Crippen molar-refractivity contribution in [3.63, 3.8) is 0 Å². The predicted molar refractivity (Wildman–Crippen MR) is 59.5 cm³/mol. The molecule has 2 nitrogen and oxygen atoms in total. The first-order chi connectivity index (χ1) is 9.18. The summed E-state index contributed by atoms with van der Waals surface area (Å²) in [6.07, 6.45) is -9.63. The minimum atomic E-state index is -4.82. The summed E-state index contributed by atoms with van der Waals surface area (Å²) in [5, 5.41) is 0. The van der Waals surface area contributed by atoms with E-state index in [1.807, 2.05) is 0 Å². The van der Waals surface area contributed by atoms with Gasteiger partial charge in [0, 0.05) is 18.8 Å². The summed E-state index contributed by atoms with van der Waals surface area (Å²) >= 11 is 0. The zero-order valence-corrected chi connectivity index (χ0v) is 10.2. The molecule has 0 aromatic heterocycles. The normalized spacial score (nSPS) is 17.4. The Labute approximate surface area is 110 Å². The van der Waals surface area contributed by atoms with Gasteiger partial charge in [0.25, 0.3) is 0 Å². The first-order valence-corrected chi connectivity index (χ1v) is 5.80. The monoisotopic (exact) mass is 299 g/mol. The third-order valence-electron chi connectivity index (χ3n) is 2.95. The lowest BCUT2D eigenvalue weighted by atomic mass is 10.1. The number of nitrogens with zero attached hydrogens (tertiary/aromatic N) is 1. The standard InChI is InChI=1S/C12H11F6NO/c13-11(14,15)8-5-9(12(16,17)18)7-10(6-8)19-1-3-20-4-2-19/h5-7H,1-4H2. The van der Waals surface area contributed by atoms with Crippen LogP contribution in [0.4, 0.5) is 32.0 Å². The van der Waals surface area contributed by atoms with Gasteiger partial charge < -0.3 is 9.64 Å². The predicted octanol–water partition coefficient (Wildman–Crippen LogP) is 3.56. The average Bonchev–Trinajstić information content (AvgIpc) is 2.37. The summed E-state index contributed by atoms with van der Waals surface area (Å²) < 4.78 is 81.2. The summed E-state index contributed by atoms with van der Waals surface area (Å²) in [6, 6.07) is 1.60. The zero-order chi connectivity index (χ0) is 15.0. The van der Waals surface area contributed by atoms with Gasteiger partial charge in [-0.05, 0) is 18.2 Å². The lowest BCUT2D eigenvalue weighted by molar-refractivity contribution is -0.143. The van der Waals surface area contributed by atoms with Crippen molar-refractivity contribution in [2.24, 2.45) is 0 Å². The van der Waals surface area contributed by atoms with Gasteiger partial charge in [0.2, 0.25) is 0 Å². The van der Waals surface area contributed by atoms with Crippen LogP contribution >= 0.6 is 0 Å². The lowest BCUT2D eigenvalue weighted by Crippen LogP contribution is -2.36. The highest BCUT2D eigenvalue weighted by Gasteiger charge is 2.37. The molecule has 8 heteroatoms. The minimum absolute atomic E-state index is 0.0875. The Hall–Kier alpha value is -1.44. The van der Waals surface area contributed by atoms with Crippen LogP contribution in [0.2, 0.25) is 0 Å². The van der Waals surface area contributed by atoms with Crippen molar-refractivity contribution < 1.29 is 31.1 Å². The highest BCUT2D eigenvalue weighted by Crippen LogP contribution is 2.38. The molecule has 0 amide bonds. The fourth-order valence-corrected chi connectivity index (χ4v) is 1.94. The number of benzene rings is 1. The van der Waals surface area contributed by atoms with Crippen molar-refractivity contribution in [1.82, 2.24) is 0 Å². The number of morpholine rings is 1. The molecule has 1 fully saturated rings. The number of hydrogen-bond acceptors (Lipinski definition) is 2. The molecule has 0 aliphatic carbocycles. The van der Waals surface area contributed by atoms with Crippen LogP contribution in [0, 0.1) is 0 Å². The van der Waals surface area contributed by atoms with Crippen LogP contribution in [0.5, 0.6) is 0 Å². The van der Waals surface area contributed by atoms with Gasteiger partial charge >= 0.3 is 12.4 Å². The second kappa shape index (κ2) is 5.16. The maximum Gasteiger partial charge on any atom is 0.416 e. The van der Waals surface area contributed by atoms with Gasteiger partial charge in [0.05, 0.1) is 24.3 Å². The number of halogens is 6. The molecule has 0 N–H and O–H groups in total. The van der Waals surface area contributed by atoms with Crippen LogP contribution in [0.15, 0.2) is 18.2 Å². The number of alkyl halides is 6. The largest absolute Gasteiger partial charge is 0.416 e. The Balaban J connectivity index is 2.45. The van der Waals surface area contributed by atoms with Gasteiger partial charge in [-0.2, -0.15) is 26.3 Å². The maximum absolute atomic E-state index is 12.7. The van der Waals surface area contributed by atoms with E-state index in [2.05, 4.69) is 0 Å². The summed E-state index contributed by atoms with van der Waals surface area (Å²) in [7, 11) is 0. The number of anilines is 1. The van der Waals surface area contributed by atoms with Crippen LogP contribution in [0.1, 0.15) is 11.1 Å². The van der Waals surface area contributed by atoms with Crippen molar-refractivity contribution in [3.8, 4) is 0 Å². The molecular formula is C12H11F6NO. The number of ether oxygens (including phenoxy) is 1. The Bertz CT molecular complexity index is 444. The Kier molecular flexibility index (Phi) is 3.86. The Morgan fingerprint density at radius 2 is 1.25 bits per heavy atom. The fraction of sp³-hybridized carbons (Fsp3) is 0.500. The van der Waals surface area contributed by atoms with E-state index in [0.29, 0.717) is 0 Å². The van der Waals surface area contributed by atoms with Gasteiger partial charge in [-0.15, -0.1) is 0 Å². The van der Waals surface area contributed by atoms with Gasteiger partial charge in [0.1, 0.15) is 0 Å². The smallest absolute Gasteiger partial charge is 0.378 e. The summed E-state index contributed by atoms with van der Waals surface area (Å²) in [5.41, 5.74) is -2.68. The maximum atomic E-state index is 12.7. The van der Waals surface area contributed by atoms with Crippen LogP contribution in [0.25, 0.3) is 0 Å². The van der Waals surface area contributed by atoms with Crippen molar-refractivity contribution in [2.75, 3.05) is 31.2 Å². The highest BCUT2D eigenvalue weighted by atomic mass is 19.4. The van der Waals surface area contributed by atoms with Gasteiger partial charge in [0.15, 0.2) is 0 Å². The third kappa shape index (κ3) is 3.36. The number of hydrogen-bond donors (Lipinski definition) is 0. The Morgan fingerprint density at radius 1 is 0.800 bits per heavy atom. The van der Waals surface area contributed by atoms with Crippen molar-refractivity contribution in [1.29, 1.82) is 0 Å². The zero-order valence-electron chi connectivity index (χ0n) is 10.2. The molecule has 0 radical (unpaired) electrons. The molecule has 1 aliphatic heterocycles. The quantitative estimate of drug-likeness (QED) is 0.735. The van der Waals surface area contributed by atoms with Gasteiger partial charge in [-0.3, -0.25) is 0 Å². The Morgan fingerprint density at radius 3 is 1.65 bits per heavy atom. The van der Waals surface area contributed by atoms with E-state index in [-0.39, 0.29) is 38.1 Å². The molecule has 112 valence electrons. The highest BCUT2D eigenvalue weighted by molar-refractivity contribution is 5.53. The molecule has 0 atom stereocenters. The fourth-order valence-electron chi connectivity index (χ4n) is 1.94. The molecule has 0 bridgehead atoms. The van der Waals surface area contributed by atoms with E-state index >= 15 is 0 Å². The van der Waals surface area contributed by atoms with Crippen LogP contribution < -0.4 is 4.90 Å². The van der Waals surface area contributed by atoms with E-state index in [0.717, 1.165) is 12.1 Å². The summed E-state index contributed by atoms with van der Waals surface area (Å²) in [6.45, 7) is 1.08. The van der Waals surface area contributed by atoms with Gasteiger partial charge in [-0.25, -0.2) is 0 Å². The molecule has 1 saturated heterocycles. The molecule has 1 heterocycles. The summed E-state index contributed by atoms with van der Waals surface area (Å²) in [5.74, 6) is 0. The molecule has 2 rings (SSSR count). The van der Waals surface area contributed by atoms with Crippen LogP contribution in [-0.4, -0.2) is 26.3 Å². The molecule has 20 heavy (non-hydrogen) atoms. The van der Waals surface area contributed by atoms with Crippen molar-refractivity contribution in [2.45, 2.75) is 12.4 Å². The number of rotatable bonds is 1. The van der Waals surface area contributed by atoms with E-state index < -0.39 is 23.5 Å². The van der Waals surface area contributed by atoms with E-state index in [1.165, 1.54) is 4.90 Å². The second-order valence-corrected chi connectivity index (χ2v) is 4.36. The molecule has 1 aromatic carbocycles. The topological polar surface area (TPSA) is 12.5 Å². The molecule has 0 unspecified atom stereocenters. The molecule has 1 aromatic rings. The second-order valence-electron chi connectivity index (χ2n) is 4.36. The SMILES string of the molecule is FC(F)(F)c1cc(N2CCOCC2)cc(C(F)(F)F)c1. The van der Waals surface area contributed by atoms with E-state index in [1.54, 1.807) is 0 Å². The summed E-state index contributed by atoms with van der Waals surface area (Å²) in [4.78, 5) is 1.45. The first-order valence-electron chi connectivity index (χ1n) is 5.80. The van der Waals surface area contributed by atoms with Gasteiger partial charge in [-0.1, -0.05) is 0 Å². The van der Waals surface area contributed by atoms with Crippen molar-refractivity contribution >= 4 is 5.69 Å².